The molecule has 2 heterocycles. The molecule has 5 aliphatic rings. The Morgan fingerprint density at radius 3 is 1.98 bits per heavy atom. The first-order chi connectivity index (χ1) is 24.6. The van der Waals surface area contributed by atoms with Crippen LogP contribution in [0.5, 0.6) is 17.2 Å². The summed E-state index contributed by atoms with van der Waals surface area (Å²) in [6.07, 6.45) is 7.76. The van der Waals surface area contributed by atoms with E-state index < -0.39 is 92.3 Å². The van der Waals surface area contributed by atoms with Crippen molar-refractivity contribution in [3.8, 4) is 17.2 Å². The fourth-order valence-corrected chi connectivity index (χ4v) is 9.65. The number of anilines is 1. The third-order valence-corrected chi connectivity index (χ3v) is 12.7. The number of phenols is 1. The summed E-state index contributed by atoms with van der Waals surface area (Å²) in [5, 5.41) is 10.4. The molecule has 2 saturated carbocycles. The van der Waals surface area contributed by atoms with Crippen LogP contribution in [0.3, 0.4) is 0 Å². The molecule has 0 radical (unpaired) electrons. The first-order valence-corrected chi connectivity index (χ1v) is 17.4. The van der Waals surface area contributed by atoms with Gasteiger partial charge in [-0.2, -0.15) is 0 Å². The molecule has 276 valence electrons. The molecule has 4 amide bonds. The van der Waals surface area contributed by atoms with Crippen LogP contribution in [-0.2, 0) is 19.2 Å². The first-order valence-electron chi connectivity index (χ1n) is 16.6. The van der Waals surface area contributed by atoms with Gasteiger partial charge in [-0.3, -0.25) is 24.1 Å². The summed E-state index contributed by atoms with van der Waals surface area (Å²) >= 11 is 14.3. The number of carbonyl (C=O) groups excluding carboxylic acids is 4. The highest BCUT2D eigenvalue weighted by Gasteiger charge is 2.76. The van der Waals surface area contributed by atoms with Gasteiger partial charge in [-0.05, 0) is 49.3 Å². The Hall–Kier alpha value is -4.17. The molecule has 2 saturated heterocycles. The van der Waals surface area contributed by atoms with Crippen molar-refractivity contribution in [2.75, 3.05) is 19.1 Å². The van der Waals surface area contributed by atoms with Crippen LogP contribution in [-0.4, -0.2) is 63.6 Å². The number of aromatic hydroxyl groups is 1. The number of carbonyl (C=O) groups is 4. The number of fused-ring (bicyclic) bond motifs is 4. The van der Waals surface area contributed by atoms with Crippen molar-refractivity contribution < 1.29 is 55.7 Å². The third kappa shape index (κ3) is 4.85. The summed E-state index contributed by atoms with van der Waals surface area (Å²) in [5.41, 5.74) is -1.21. The van der Waals surface area contributed by atoms with Crippen LogP contribution < -0.4 is 14.4 Å². The van der Waals surface area contributed by atoms with Gasteiger partial charge in [0.1, 0.15) is 5.69 Å². The normalized spacial score (nSPS) is 30.5. The topological polar surface area (TPSA) is 113 Å². The molecular weight excluding hydrogens is 738 g/mol. The Morgan fingerprint density at radius 2 is 1.40 bits per heavy atom. The number of benzene rings is 2. The second-order valence-corrected chi connectivity index (χ2v) is 15.0. The van der Waals surface area contributed by atoms with Gasteiger partial charge in [0.25, 0.3) is 11.8 Å². The maximum atomic E-state index is 15.2. The second kappa shape index (κ2) is 12.8. The maximum absolute atomic E-state index is 15.2. The lowest BCUT2D eigenvalue weighted by molar-refractivity contribution is -0.143. The van der Waals surface area contributed by atoms with Gasteiger partial charge >= 0.3 is 0 Å². The molecule has 2 aliphatic heterocycles. The number of rotatable bonds is 6. The van der Waals surface area contributed by atoms with Crippen molar-refractivity contribution in [2.24, 2.45) is 23.7 Å². The molecule has 9 nitrogen and oxygen atoms in total. The van der Waals surface area contributed by atoms with Crippen molar-refractivity contribution >= 4 is 58.6 Å². The van der Waals surface area contributed by atoms with Crippen molar-refractivity contribution in [3.63, 3.8) is 0 Å². The van der Waals surface area contributed by atoms with Crippen molar-refractivity contribution in [1.29, 1.82) is 0 Å². The van der Waals surface area contributed by atoms with Crippen LogP contribution in [0.4, 0.5) is 27.6 Å². The minimum Gasteiger partial charge on any atom is -0.502 e. The number of hydrogen-bond donors (Lipinski definition) is 1. The number of nitrogens with zero attached hydrogens (tertiary/aromatic N) is 2. The van der Waals surface area contributed by atoms with Crippen molar-refractivity contribution in [1.82, 2.24) is 4.90 Å². The van der Waals surface area contributed by atoms with E-state index in [1.54, 1.807) is 6.08 Å². The zero-order valence-corrected chi connectivity index (χ0v) is 29.2. The van der Waals surface area contributed by atoms with Crippen LogP contribution in [0.15, 0.2) is 29.9 Å². The summed E-state index contributed by atoms with van der Waals surface area (Å²) in [6.45, 7) is 0. The molecule has 7 rings (SSSR count). The van der Waals surface area contributed by atoms with E-state index in [1.165, 1.54) is 43.4 Å². The molecule has 16 heteroatoms. The van der Waals surface area contributed by atoms with Gasteiger partial charge in [0.15, 0.2) is 44.5 Å². The highest BCUT2D eigenvalue weighted by molar-refractivity contribution is 6.58. The SMILES string of the molecule is COc1cc(C=C[C@H]2C3=CC[C@@H]4C(=O)N(C5CCCCC5)C(=O)[C@@H]4[C@@H]3C[C@@]3(Cl)C(=O)N(c4c(F)c(F)c(F)c(F)c4F)C(=O)[C@@]23Cl)cc(OC)c1O. The zero-order chi connectivity index (χ0) is 37.6. The number of ether oxygens (including phenoxy) is 2. The molecule has 0 spiro atoms. The smallest absolute Gasteiger partial charge is 0.258 e. The second-order valence-electron chi connectivity index (χ2n) is 13.7. The number of likely N-dealkylation sites (tertiary alicyclic amines) is 1. The van der Waals surface area contributed by atoms with E-state index in [0.29, 0.717) is 24.0 Å². The predicted octanol–water partition coefficient (Wildman–Crippen LogP) is 6.55. The molecule has 1 N–H and O–H groups in total. The number of amides is 4. The quantitative estimate of drug-likeness (QED) is 0.0887. The van der Waals surface area contributed by atoms with Gasteiger partial charge in [0, 0.05) is 12.0 Å². The van der Waals surface area contributed by atoms with Crippen LogP contribution in [0.2, 0.25) is 0 Å². The van der Waals surface area contributed by atoms with E-state index in [4.69, 9.17) is 32.7 Å². The molecular formula is C36H31Cl2F5N2O7. The summed E-state index contributed by atoms with van der Waals surface area (Å²) < 4.78 is 83.9. The number of alkyl halides is 2. The molecule has 0 bridgehead atoms. The van der Waals surface area contributed by atoms with Crippen molar-refractivity contribution in [3.05, 3.63) is 64.5 Å². The minimum atomic E-state index is -2.64. The van der Waals surface area contributed by atoms with Gasteiger partial charge in [-0.15, -0.1) is 23.2 Å². The zero-order valence-electron chi connectivity index (χ0n) is 27.7. The molecule has 4 fully saturated rings. The average Bonchev–Trinajstić information content (AvgIpc) is 3.48. The first kappa shape index (κ1) is 36.2. The third-order valence-electron chi connectivity index (χ3n) is 11.2. The van der Waals surface area contributed by atoms with Gasteiger partial charge in [0.05, 0.1) is 26.1 Å². The summed E-state index contributed by atoms with van der Waals surface area (Å²) in [7, 11) is 2.58. The largest absolute Gasteiger partial charge is 0.502 e. The Balaban J connectivity index is 1.39. The number of methoxy groups -OCH3 is 2. The van der Waals surface area contributed by atoms with Crippen molar-refractivity contribution in [2.45, 2.75) is 60.7 Å². The van der Waals surface area contributed by atoms with E-state index in [1.807, 2.05) is 0 Å². The Labute approximate surface area is 303 Å². The monoisotopic (exact) mass is 768 g/mol. The van der Waals surface area contributed by atoms with Crippen LogP contribution in [0.1, 0.15) is 50.5 Å². The van der Waals surface area contributed by atoms with Gasteiger partial charge in [-0.1, -0.05) is 43.1 Å². The van der Waals surface area contributed by atoms with E-state index >= 15 is 8.78 Å². The molecule has 2 aromatic rings. The molecule has 0 unspecified atom stereocenters. The summed E-state index contributed by atoms with van der Waals surface area (Å²) in [4.78, 5) is 52.5. The number of hydrogen-bond acceptors (Lipinski definition) is 7. The minimum absolute atomic E-state index is 0.00463. The van der Waals surface area contributed by atoms with Gasteiger partial charge in [-0.25, -0.2) is 26.9 Å². The Morgan fingerprint density at radius 1 is 0.827 bits per heavy atom. The standard InChI is InChI=1S/C36H31Cl2F5N2O7/c1-51-21-12-15(13-22(52-2)30(21)46)8-11-20-17-9-10-18-23(32(48)44(31(18)47)16-6-4-3-5-7-16)19(17)14-35(37)33(49)45(34(50)36(20,35)38)29-27(42)25(40)24(39)26(41)28(29)43/h8-9,11-13,16,18-20,23,46H,3-7,10,14H2,1-2H3/t18-,19+,20-,23-,35+,36-/m0/s1. The average molecular weight is 770 g/mol. The molecule has 3 aliphatic carbocycles. The fourth-order valence-electron chi connectivity index (χ4n) is 8.76. The van der Waals surface area contributed by atoms with E-state index in [9.17, 15) is 37.5 Å². The molecule has 0 aromatic heterocycles. The number of phenolic OH excluding ortho intramolecular Hbond substituents is 1. The molecule has 2 aromatic carbocycles. The van der Waals surface area contributed by atoms with E-state index in [0.717, 1.165) is 19.3 Å². The highest BCUT2D eigenvalue weighted by Crippen LogP contribution is 2.64. The lowest BCUT2D eigenvalue weighted by Gasteiger charge is -2.49. The fraction of sp³-hybridized carbons (Fsp3) is 0.444. The Bertz CT molecular complexity index is 1950. The molecule has 52 heavy (non-hydrogen) atoms. The van der Waals surface area contributed by atoms with Gasteiger partial charge in [0.2, 0.25) is 23.4 Å². The maximum Gasteiger partial charge on any atom is 0.258 e. The summed E-state index contributed by atoms with van der Waals surface area (Å²) in [6, 6.07) is 2.48. The Kier molecular flexibility index (Phi) is 8.88. The number of allylic oxidation sites excluding steroid dienone is 3. The lowest BCUT2D eigenvalue weighted by atomic mass is 9.57. The number of imide groups is 2. The van der Waals surface area contributed by atoms with E-state index in [-0.39, 0.29) is 40.5 Å². The predicted molar refractivity (Wildman–Crippen MR) is 176 cm³/mol. The summed E-state index contributed by atoms with van der Waals surface area (Å²) in [5.74, 6) is -20.9. The molecule has 6 atom stereocenters. The number of halogens is 7. The lowest BCUT2D eigenvalue weighted by Crippen LogP contribution is -2.60. The van der Waals surface area contributed by atoms with Crippen LogP contribution in [0.25, 0.3) is 6.08 Å². The van der Waals surface area contributed by atoms with Gasteiger partial charge < -0.3 is 14.6 Å². The van der Waals surface area contributed by atoms with Crippen LogP contribution in [0, 0.1) is 52.8 Å². The highest BCUT2D eigenvalue weighted by atomic mass is 35.5. The van der Waals surface area contributed by atoms with E-state index in [2.05, 4.69) is 0 Å². The van der Waals surface area contributed by atoms with Crippen LogP contribution >= 0.6 is 23.2 Å².